The molecule has 11 nitrogen and oxygen atoms in total. The second kappa shape index (κ2) is 12.9. The first-order chi connectivity index (χ1) is 12.6. The quantitative estimate of drug-likeness (QED) is 0.228. The summed E-state index contributed by atoms with van der Waals surface area (Å²) >= 11 is 0. The number of carboxylic acids is 2. The summed E-state index contributed by atoms with van der Waals surface area (Å²) in [5.41, 5.74) is 6.59. The third-order valence-electron chi connectivity index (χ3n) is 2.58. The molecule has 1 aromatic rings. The van der Waals surface area contributed by atoms with Gasteiger partial charge in [0.05, 0.1) is 0 Å². The Kier molecular flexibility index (Phi) is 11.3. The van der Waals surface area contributed by atoms with E-state index in [9.17, 15) is 19.7 Å². The largest absolute Gasteiger partial charge is 0.492 e. The van der Waals surface area contributed by atoms with Gasteiger partial charge in [-0.3, -0.25) is 0 Å². The fourth-order valence-corrected chi connectivity index (χ4v) is 1.46. The maximum Gasteiger partial charge on any atom is 0.328 e. The Morgan fingerprint density at radius 2 is 1.81 bits per heavy atom. The Morgan fingerprint density at radius 3 is 2.30 bits per heavy atom. The molecule has 1 rings (SSSR count). The Labute approximate surface area is 155 Å². The maximum absolute atomic E-state index is 9.95. The number of nitrogens with zero attached hydrogens (tertiary/aromatic N) is 1. The number of rotatable bonds is 10. The van der Waals surface area contributed by atoms with E-state index >= 15 is 0 Å². The Bertz CT molecular complexity index is 643. The van der Waals surface area contributed by atoms with E-state index in [2.05, 4.69) is 4.84 Å². The average molecular weight is 386 g/mol. The van der Waals surface area contributed by atoms with E-state index in [0.29, 0.717) is 30.3 Å². The molecular weight excluding hydrogens is 364 g/mol. The number of benzene rings is 1. The van der Waals surface area contributed by atoms with Crippen molar-refractivity contribution >= 4 is 11.9 Å². The van der Waals surface area contributed by atoms with Gasteiger partial charge >= 0.3 is 11.9 Å². The number of ether oxygens (including phenoxy) is 2. The van der Waals surface area contributed by atoms with Crippen molar-refractivity contribution in [2.24, 2.45) is 5.73 Å². The zero-order valence-corrected chi connectivity index (χ0v) is 14.9. The standard InChI is InChI=1S/C12H18N2O5.C4H4O4/c1-9-3-4-11(17-5-6-19-14(15)16)7-12(9)18-8-10(2)13;5-3(6)1-2-4(7)8/h3-4,7,10H,5-6,8,13H2,1-2H3;1-2H,(H,5,6)(H,7,8). The first-order valence-corrected chi connectivity index (χ1v) is 7.65. The van der Waals surface area contributed by atoms with Gasteiger partial charge in [-0.2, -0.15) is 0 Å². The number of carboxylic acid groups (broad SMARTS) is 2. The molecule has 0 aromatic heterocycles. The van der Waals surface area contributed by atoms with Crippen molar-refractivity contribution in [3.05, 3.63) is 46.0 Å². The molecule has 27 heavy (non-hydrogen) atoms. The van der Waals surface area contributed by atoms with Gasteiger partial charge in [-0.1, -0.05) is 6.07 Å². The Hall–Kier alpha value is -3.34. The molecule has 150 valence electrons. The van der Waals surface area contributed by atoms with Crippen LogP contribution in [0.4, 0.5) is 0 Å². The van der Waals surface area contributed by atoms with Gasteiger partial charge in [0.15, 0.2) is 0 Å². The number of hydrogen-bond acceptors (Lipinski definition) is 8. The predicted octanol–water partition coefficient (Wildman–Crippen LogP) is 1.02. The van der Waals surface area contributed by atoms with Crippen molar-refractivity contribution in [3.8, 4) is 11.5 Å². The molecule has 0 heterocycles. The minimum atomic E-state index is -1.26. The van der Waals surface area contributed by atoms with Crippen molar-refractivity contribution in [1.82, 2.24) is 0 Å². The van der Waals surface area contributed by atoms with Crippen LogP contribution in [0.3, 0.4) is 0 Å². The maximum atomic E-state index is 9.95. The van der Waals surface area contributed by atoms with Gasteiger partial charge in [0.1, 0.15) is 31.3 Å². The van der Waals surface area contributed by atoms with Crippen molar-refractivity contribution in [1.29, 1.82) is 0 Å². The Balaban J connectivity index is 0.000000713. The number of hydrogen-bond donors (Lipinski definition) is 3. The molecule has 1 aromatic carbocycles. The average Bonchev–Trinajstić information content (AvgIpc) is 2.57. The molecule has 0 amide bonds. The molecule has 0 bridgehead atoms. The van der Waals surface area contributed by atoms with Crippen LogP contribution in [0.2, 0.25) is 0 Å². The van der Waals surface area contributed by atoms with Crippen LogP contribution < -0.4 is 15.2 Å². The molecule has 0 aliphatic carbocycles. The van der Waals surface area contributed by atoms with Crippen LogP contribution in [-0.4, -0.2) is 53.1 Å². The highest BCUT2D eigenvalue weighted by atomic mass is 17.0. The highest BCUT2D eigenvalue weighted by Gasteiger charge is 2.04. The number of carbonyl (C=O) groups is 2. The van der Waals surface area contributed by atoms with Crippen LogP contribution in [0.25, 0.3) is 0 Å². The molecule has 1 atom stereocenters. The number of nitrogens with two attached hydrogens (primary N) is 1. The summed E-state index contributed by atoms with van der Waals surface area (Å²) in [5.74, 6) is -1.26. The van der Waals surface area contributed by atoms with Gasteiger partial charge in [-0.05, 0) is 25.5 Å². The van der Waals surface area contributed by atoms with Crippen molar-refractivity contribution in [2.45, 2.75) is 19.9 Å². The summed E-state index contributed by atoms with van der Waals surface area (Å²) < 4.78 is 10.9. The zero-order valence-electron chi connectivity index (χ0n) is 14.9. The smallest absolute Gasteiger partial charge is 0.328 e. The molecule has 4 N–H and O–H groups in total. The van der Waals surface area contributed by atoms with Gasteiger partial charge in [0.25, 0.3) is 5.09 Å². The summed E-state index contributed by atoms with van der Waals surface area (Å²) in [6.45, 7) is 4.16. The van der Waals surface area contributed by atoms with E-state index in [-0.39, 0.29) is 19.3 Å². The molecule has 11 heteroatoms. The minimum absolute atomic E-state index is 0.0579. The SMILES string of the molecule is Cc1ccc(OCCO[N+](=O)[O-])cc1OCC(C)N.O=C(O)C=CC(=O)O. The molecule has 0 aliphatic rings. The lowest BCUT2D eigenvalue weighted by molar-refractivity contribution is -0.757. The normalized spacial score (nSPS) is 11.1. The monoisotopic (exact) mass is 386 g/mol. The van der Waals surface area contributed by atoms with Crippen LogP contribution in [0.1, 0.15) is 12.5 Å². The second-order valence-electron chi connectivity index (χ2n) is 5.13. The highest BCUT2D eigenvalue weighted by molar-refractivity contribution is 5.89. The van der Waals surface area contributed by atoms with Crippen molar-refractivity contribution in [2.75, 3.05) is 19.8 Å². The molecule has 0 aliphatic heterocycles. The van der Waals surface area contributed by atoms with E-state index in [1.165, 1.54) is 0 Å². The van der Waals surface area contributed by atoms with Gasteiger partial charge in [0, 0.05) is 24.3 Å². The van der Waals surface area contributed by atoms with E-state index < -0.39 is 17.0 Å². The molecule has 0 radical (unpaired) electrons. The third kappa shape index (κ3) is 13.6. The third-order valence-corrected chi connectivity index (χ3v) is 2.58. The van der Waals surface area contributed by atoms with E-state index in [0.717, 1.165) is 5.56 Å². The first kappa shape index (κ1) is 23.7. The van der Waals surface area contributed by atoms with Crippen LogP contribution in [-0.2, 0) is 14.4 Å². The fraction of sp³-hybridized carbons (Fsp3) is 0.375. The molecule has 0 fully saturated rings. The van der Waals surface area contributed by atoms with E-state index in [4.69, 9.17) is 25.4 Å². The summed E-state index contributed by atoms with van der Waals surface area (Å²) in [6, 6.07) is 5.28. The van der Waals surface area contributed by atoms with Crippen LogP contribution in [0.15, 0.2) is 30.4 Å². The molecule has 0 saturated carbocycles. The van der Waals surface area contributed by atoms with E-state index in [1.54, 1.807) is 12.1 Å². The zero-order chi connectivity index (χ0) is 20.8. The summed E-state index contributed by atoms with van der Waals surface area (Å²) in [7, 11) is 0. The molecule has 0 spiro atoms. The van der Waals surface area contributed by atoms with Gasteiger partial charge in [0.2, 0.25) is 0 Å². The molecular formula is C16H22N2O9. The second-order valence-corrected chi connectivity index (χ2v) is 5.13. The van der Waals surface area contributed by atoms with Gasteiger partial charge in [-0.25, -0.2) is 9.59 Å². The van der Waals surface area contributed by atoms with Gasteiger partial charge < -0.3 is 30.3 Å². The van der Waals surface area contributed by atoms with Crippen LogP contribution >= 0.6 is 0 Å². The van der Waals surface area contributed by atoms with Crippen LogP contribution in [0.5, 0.6) is 11.5 Å². The van der Waals surface area contributed by atoms with Crippen molar-refractivity contribution < 1.29 is 39.2 Å². The first-order valence-electron chi connectivity index (χ1n) is 7.65. The van der Waals surface area contributed by atoms with Gasteiger partial charge in [-0.15, -0.1) is 10.1 Å². The minimum Gasteiger partial charge on any atom is -0.492 e. The van der Waals surface area contributed by atoms with Crippen molar-refractivity contribution in [3.63, 3.8) is 0 Å². The fourth-order valence-electron chi connectivity index (χ4n) is 1.46. The lowest BCUT2D eigenvalue weighted by atomic mass is 10.2. The number of aryl methyl sites for hydroxylation is 1. The summed E-state index contributed by atoms with van der Waals surface area (Å²) in [6.07, 6.45) is 1.12. The van der Waals surface area contributed by atoms with Crippen LogP contribution in [0, 0.1) is 17.0 Å². The summed E-state index contributed by atoms with van der Waals surface area (Å²) in [4.78, 5) is 33.2. The molecule has 1 unspecified atom stereocenters. The molecule has 0 saturated heterocycles. The van der Waals surface area contributed by atoms with E-state index in [1.807, 2.05) is 19.9 Å². The highest BCUT2D eigenvalue weighted by Crippen LogP contribution is 2.24. The lowest BCUT2D eigenvalue weighted by Crippen LogP contribution is -2.23. The predicted molar refractivity (Wildman–Crippen MR) is 93.2 cm³/mol. The summed E-state index contributed by atoms with van der Waals surface area (Å²) in [5, 5.41) is 24.7. The topological polar surface area (TPSA) is 171 Å². The Morgan fingerprint density at radius 1 is 1.22 bits per heavy atom. The lowest BCUT2D eigenvalue weighted by Gasteiger charge is -2.13. The number of aliphatic carboxylic acids is 2.